The highest BCUT2D eigenvalue weighted by Crippen LogP contribution is 2.26. The van der Waals surface area contributed by atoms with E-state index in [1.165, 1.54) is 22.7 Å². The van der Waals surface area contributed by atoms with E-state index in [0.29, 0.717) is 21.0 Å². The van der Waals surface area contributed by atoms with Gasteiger partial charge in [-0.15, -0.1) is 21.5 Å². The number of thiazole rings is 1. The number of hydrogen-bond acceptors (Lipinski definition) is 8. The van der Waals surface area contributed by atoms with Crippen molar-refractivity contribution in [3.63, 3.8) is 0 Å². The fraction of sp³-hybridized carbons (Fsp3) is 0.200. The molecule has 6 nitrogen and oxygen atoms in total. The van der Waals surface area contributed by atoms with Gasteiger partial charge in [0.1, 0.15) is 0 Å². The molecule has 0 radical (unpaired) electrons. The number of carbonyl (C=O) groups is 1. The lowest BCUT2D eigenvalue weighted by molar-refractivity contribution is -0.115. The lowest BCUT2D eigenvalue weighted by Crippen LogP contribution is -2.14. The number of anilines is 3. The van der Waals surface area contributed by atoms with Crippen LogP contribution >= 0.6 is 46.0 Å². The summed E-state index contributed by atoms with van der Waals surface area (Å²) in [5.41, 5.74) is 1.55. The van der Waals surface area contributed by atoms with Gasteiger partial charge in [0.15, 0.2) is 9.47 Å². The monoisotopic (exact) mass is 411 g/mol. The molecule has 0 atom stereocenters. The Morgan fingerprint density at radius 1 is 1.32 bits per heavy atom. The van der Waals surface area contributed by atoms with Crippen LogP contribution in [0, 0.1) is 0 Å². The first kappa shape index (κ1) is 18.1. The molecule has 0 spiro atoms. The van der Waals surface area contributed by atoms with Crippen molar-refractivity contribution in [3.05, 3.63) is 40.4 Å². The van der Waals surface area contributed by atoms with Gasteiger partial charge in [0.05, 0.1) is 12.1 Å². The quantitative estimate of drug-likeness (QED) is 0.434. The Balaban J connectivity index is 1.56. The van der Waals surface area contributed by atoms with Crippen molar-refractivity contribution in [1.29, 1.82) is 0 Å². The van der Waals surface area contributed by atoms with Gasteiger partial charge >= 0.3 is 0 Å². The molecule has 130 valence electrons. The summed E-state index contributed by atoms with van der Waals surface area (Å²) < 4.78 is 0.847. The number of amides is 1. The number of rotatable bonds is 7. The molecule has 0 aliphatic carbocycles. The van der Waals surface area contributed by atoms with E-state index in [0.717, 1.165) is 15.8 Å². The van der Waals surface area contributed by atoms with Crippen molar-refractivity contribution in [2.45, 2.75) is 17.7 Å². The molecular formula is C15H14ClN5OS3. The van der Waals surface area contributed by atoms with Crippen LogP contribution in [0.15, 0.2) is 34.0 Å². The number of benzene rings is 1. The van der Waals surface area contributed by atoms with Crippen molar-refractivity contribution < 1.29 is 4.79 Å². The number of carbonyl (C=O) groups excluding carboxylic acids is 1. The molecule has 25 heavy (non-hydrogen) atoms. The van der Waals surface area contributed by atoms with Crippen LogP contribution < -0.4 is 10.6 Å². The maximum atomic E-state index is 12.1. The van der Waals surface area contributed by atoms with Gasteiger partial charge in [-0.3, -0.25) is 4.79 Å². The lowest BCUT2D eigenvalue weighted by Gasteiger charge is -2.02. The summed E-state index contributed by atoms with van der Waals surface area (Å²) in [4.78, 5) is 16.5. The third-order valence-electron chi connectivity index (χ3n) is 2.89. The molecule has 0 saturated carbocycles. The van der Waals surface area contributed by atoms with E-state index in [4.69, 9.17) is 11.6 Å². The van der Waals surface area contributed by atoms with Crippen LogP contribution in [-0.2, 0) is 11.2 Å². The highest BCUT2D eigenvalue weighted by Gasteiger charge is 2.11. The SMILES string of the molecule is CCSc1nnc(NC(=O)Cc2csc(Nc3cccc(Cl)c3)n2)s1. The van der Waals surface area contributed by atoms with E-state index in [1.54, 1.807) is 11.8 Å². The predicted octanol–water partition coefficient (Wildman–Crippen LogP) is 4.68. The molecule has 2 N–H and O–H groups in total. The molecule has 0 unspecified atom stereocenters. The van der Waals surface area contributed by atoms with Crippen molar-refractivity contribution in [1.82, 2.24) is 15.2 Å². The molecular weight excluding hydrogens is 398 g/mol. The normalized spacial score (nSPS) is 10.6. The summed E-state index contributed by atoms with van der Waals surface area (Å²) in [5, 5.41) is 17.6. The second kappa shape index (κ2) is 8.61. The topological polar surface area (TPSA) is 79.8 Å². The lowest BCUT2D eigenvalue weighted by atomic mass is 10.3. The zero-order chi connectivity index (χ0) is 17.6. The molecule has 3 rings (SSSR count). The number of aromatic nitrogens is 3. The maximum Gasteiger partial charge on any atom is 0.232 e. The van der Waals surface area contributed by atoms with E-state index in [2.05, 4.69) is 25.8 Å². The standard InChI is InChI=1S/C15H14ClN5OS3/c1-2-23-15-21-20-14(25-15)19-12(22)7-11-8-24-13(18-11)17-10-5-3-4-9(16)6-10/h3-6,8H,2,7H2,1H3,(H,17,18)(H,19,20,22). The second-order valence-electron chi connectivity index (χ2n) is 4.81. The maximum absolute atomic E-state index is 12.1. The average Bonchev–Trinajstić information content (AvgIpc) is 3.17. The molecule has 0 aliphatic rings. The second-order valence-corrected chi connectivity index (χ2v) is 8.59. The Hall–Kier alpha value is -1.68. The van der Waals surface area contributed by atoms with E-state index >= 15 is 0 Å². The first-order valence-corrected chi connectivity index (χ1v) is 10.4. The Labute approximate surface area is 162 Å². The Kier molecular flexibility index (Phi) is 6.24. The summed E-state index contributed by atoms with van der Waals surface area (Å²) in [7, 11) is 0. The molecule has 0 bridgehead atoms. The van der Waals surface area contributed by atoms with E-state index < -0.39 is 0 Å². The van der Waals surface area contributed by atoms with Gasteiger partial charge in [0, 0.05) is 16.1 Å². The first-order chi connectivity index (χ1) is 12.1. The first-order valence-electron chi connectivity index (χ1n) is 7.35. The van der Waals surface area contributed by atoms with Crippen LogP contribution in [0.4, 0.5) is 16.0 Å². The molecule has 2 heterocycles. The summed E-state index contributed by atoms with van der Waals surface area (Å²) in [6.45, 7) is 2.04. The fourth-order valence-corrected chi connectivity index (χ4v) is 4.49. The summed E-state index contributed by atoms with van der Waals surface area (Å²) >= 11 is 10.4. The van der Waals surface area contributed by atoms with Gasteiger partial charge in [0.25, 0.3) is 0 Å². The minimum absolute atomic E-state index is 0.163. The van der Waals surface area contributed by atoms with Crippen LogP contribution in [0.25, 0.3) is 0 Å². The zero-order valence-corrected chi connectivity index (χ0v) is 16.4. The van der Waals surface area contributed by atoms with Crippen LogP contribution in [0.3, 0.4) is 0 Å². The Morgan fingerprint density at radius 3 is 3.00 bits per heavy atom. The molecule has 0 fully saturated rings. The van der Waals surface area contributed by atoms with E-state index in [1.807, 2.05) is 36.6 Å². The number of thioether (sulfide) groups is 1. The van der Waals surface area contributed by atoms with E-state index in [-0.39, 0.29) is 12.3 Å². The predicted molar refractivity (Wildman–Crippen MR) is 105 cm³/mol. The minimum Gasteiger partial charge on any atom is -0.331 e. The molecule has 2 aromatic heterocycles. The average molecular weight is 412 g/mol. The number of halogens is 1. The van der Waals surface area contributed by atoms with Gasteiger partial charge in [-0.2, -0.15) is 0 Å². The Morgan fingerprint density at radius 2 is 2.20 bits per heavy atom. The van der Waals surface area contributed by atoms with E-state index in [9.17, 15) is 4.79 Å². The fourth-order valence-electron chi connectivity index (χ4n) is 1.91. The highest BCUT2D eigenvalue weighted by molar-refractivity contribution is 8.01. The molecule has 0 saturated heterocycles. The number of nitrogens with zero attached hydrogens (tertiary/aromatic N) is 3. The van der Waals surface area contributed by atoms with Gasteiger partial charge in [-0.05, 0) is 24.0 Å². The van der Waals surface area contributed by atoms with Crippen LogP contribution in [-0.4, -0.2) is 26.8 Å². The molecule has 10 heteroatoms. The van der Waals surface area contributed by atoms with Gasteiger partial charge in [-0.25, -0.2) is 4.98 Å². The third-order valence-corrected chi connectivity index (χ3v) is 5.79. The summed E-state index contributed by atoms with van der Waals surface area (Å²) in [6, 6.07) is 7.39. The molecule has 1 amide bonds. The van der Waals surface area contributed by atoms with Gasteiger partial charge in [-0.1, -0.05) is 47.7 Å². The summed E-state index contributed by atoms with van der Waals surface area (Å²) in [5.74, 6) is 0.757. The number of nitrogens with one attached hydrogen (secondary N) is 2. The third kappa shape index (κ3) is 5.40. The highest BCUT2D eigenvalue weighted by atomic mass is 35.5. The van der Waals surface area contributed by atoms with Gasteiger partial charge in [0.2, 0.25) is 11.0 Å². The number of hydrogen-bond donors (Lipinski definition) is 2. The van der Waals surface area contributed by atoms with Crippen LogP contribution in [0.2, 0.25) is 5.02 Å². The van der Waals surface area contributed by atoms with Crippen LogP contribution in [0.5, 0.6) is 0 Å². The van der Waals surface area contributed by atoms with Crippen molar-refractivity contribution in [2.75, 3.05) is 16.4 Å². The summed E-state index contributed by atoms with van der Waals surface area (Å²) in [6.07, 6.45) is 0.184. The minimum atomic E-state index is -0.163. The molecule has 3 aromatic rings. The molecule has 1 aromatic carbocycles. The van der Waals surface area contributed by atoms with Crippen molar-refractivity contribution >= 4 is 67.9 Å². The molecule has 0 aliphatic heterocycles. The Bertz CT molecular complexity index is 866. The zero-order valence-electron chi connectivity index (χ0n) is 13.2. The van der Waals surface area contributed by atoms with Crippen molar-refractivity contribution in [3.8, 4) is 0 Å². The van der Waals surface area contributed by atoms with Crippen LogP contribution in [0.1, 0.15) is 12.6 Å². The van der Waals surface area contributed by atoms with Gasteiger partial charge < -0.3 is 10.6 Å². The largest absolute Gasteiger partial charge is 0.331 e. The smallest absolute Gasteiger partial charge is 0.232 e. The van der Waals surface area contributed by atoms with Crippen molar-refractivity contribution in [2.24, 2.45) is 0 Å².